The van der Waals surface area contributed by atoms with Gasteiger partial charge in [0.1, 0.15) is 28.3 Å². The molecule has 0 spiro atoms. The average molecular weight is 638 g/mol. The van der Waals surface area contributed by atoms with Crippen LogP contribution in [0, 0.1) is 27.7 Å². The van der Waals surface area contributed by atoms with Crippen LogP contribution >= 0.6 is 11.3 Å². The Morgan fingerprint density at radius 1 is 1.21 bits per heavy atom. The predicted molar refractivity (Wildman–Crippen MR) is 158 cm³/mol. The van der Waals surface area contributed by atoms with Crippen molar-refractivity contribution in [2.24, 2.45) is 5.41 Å². The number of thiazole rings is 1. The first kappa shape index (κ1) is 33.3. The first-order chi connectivity index (χ1) is 20.1. The summed E-state index contributed by atoms with van der Waals surface area (Å²) in [5.41, 5.74) is -0.1000. The SMILES string of the molecule is COc1ccc(CN(c2ncc(F)s2)S(=O)(=O)c2cc(C#N)c(NCC(CC(C)(C)C)N(C)C(=O)O)cc2F)c(OC)c1. The standard InChI is InChI=1S/C28H33F2N5O6S2/c1-28(2,3)12-19(34(4)27(36)37)14-32-22-11-21(29)24(9-18(22)13-31)43(38,39)35(26-33-15-25(30)42-26)16-17-7-8-20(40-5)10-23(17)41-6/h7-11,15,19,32H,12,14,16H2,1-6H3,(H,36,37). The third-order valence-corrected chi connectivity index (χ3v) is 9.15. The molecule has 0 radical (unpaired) electrons. The van der Waals surface area contributed by atoms with E-state index in [2.05, 4.69) is 10.3 Å². The van der Waals surface area contributed by atoms with Crippen molar-refractivity contribution in [2.75, 3.05) is 37.4 Å². The molecule has 0 aliphatic heterocycles. The highest BCUT2D eigenvalue weighted by Crippen LogP contribution is 2.35. The van der Waals surface area contributed by atoms with Crippen LogP contribution in [0.3, 0.4) is 0 Å². The number of methoxy groups -OCH3 is 2. The molecular formula is C28H33F2N5O6S2. The molecule has 43 heavy (non-hydrogen) atoms. The minimum absolute atomic E-state index is 0.0136. The number of halogens is 2. The highest BCUT2D eigenvalue weighted by Gasteiger charge is 2.33. The van der Waals surface area contributed by atoms with Gasteiger partial charge < -0.3 is 24.8 Å². The lowest BCUT2D eigenvalue weighted by Crippen LogP contribution is -2.42. The highest BCUT2D eigenvalue weighted by atomic mass is 32.2. The van der Waals surface area contributed by atoms with Crippen LogP contribution in [0.1, 0.15) is 38.3 Å². The maximum Gasteiger partial charge on any atom is 0.407 e. The van der Waals surface area contributed by atoms with Crippen molar-refractivity contribution in [3.63, 3.8) is 0 Å². The third kappa shape index (κ3) is 8.02. The molecule has 0 bridgehead atoms. The monoisotopic (exact) mass is 637 g/mol. The summed E-state index contributed by atoms with van der Waals surface area (Å²) >= 11 is 0.448. The molecule has 1 unspecified atom stereocenters. The van der Waals surface area contributed by atoms with Crippen LogP contribution < -0.4 is 19.1 Å². The molecule has 15 heteroatoms. The number of nitrogens with zero attached hydrogens (tertiary/aromatic N) is 4. The molecule has 0 saturated heterocycles. The van der Waals surface area contributed by atoms with E-state index in [1.807, 2.05) is 26.8 Å². The number of carbonyl (C=O) groups is 1. The summed E-state index contributed by atoms with van der Waals surface area (Å²) in [5, 5.41) is 21.2. The fraction of sp³-hybridized carbons (Fsp3) is 0.393. The van der Waals surface area contributed by atoms with Crippen molar-refractivity contribution in [3.05, 3.63) is 58.6 Å². The van der Waals surface area contributed by atoms with Gasteiger partial charge in [-0.2, -0.15) is 9.65 Å². The lowest BCUT2D eigenvalue weighted by molar-refractivity contribution is 0.127. The zero-order valence-corrected chi connectivity index (χ0v) is 26.1. The number of hydrogen-bond acceptors (Lipinski definition) is 9. The topological polar surface area (TPSA) is 145 Å². The first-order valence-electron chi connectivity index (χ1n) is 12.9. The summed E-state index contributed by atoms with van der Waals surface area (Å²) in [4.78, 5) is 15.8. The van der Waals surface area contributed by atoms with E-state index in [1.54, 1.807) is 12.1 Å². The van der Waals surface area contributed by atoms with Crippen LogP contribution in [-0.4, -0.2) is 63.4 Å². The molecule has 3 aromatic rings. The van der Waals surface area contributed by atoms with Crippen LogP contribution in [0.5, 0.6) is 11.5 Å². The van der Waals surface area contributed by atoms with Crippen molar-refractivity contribution >= 4 is 38.3 Å². The Balaban J connectivity index is 2.04. The minimum Gasteiger partial charge on any atom is -0.497 e. The number of nitriles is 1. The summed E-state index contributed by atoms with van der Waals surface area (Å²) in [6.07, 6.45) is 0.143. The Morgan fingerprint density at radius 2 is 1.91 bits per heavy atom. The fourth-order valence-electron chi connectivity index (χ4n) is 4.30. The number of sulfonamides is 1. The summed E-state index contributed by atoms with van der Waals surface area (Å²) in [5.74, 6) is -0.461. The van der Waals surface area contributed by atoms with Gasteiger partial charge in [0.25, 0.3) is 10.0 Å². The predicted octanol–water partition coefficient (Wildman–Crippen LogP) is 5.53. The molecule has 3 rings (SSSR count). The van der Waals surface area contributed by atoms with Crippen molar-refractivity contribution in [2.45, 2.75) is 44.7 Å². The molecule has 1 aromatic heterocycles. The van der Waals surface area contributed by atoms with E-state index in [0.717, 1.165) is 27.5 Å². The van der Waals surface area contributed by atoms with Gasteiger partial charge >= 0.3 is 6.09 Å². The molecule has 1 amide bonds. The molecule has 0 saturated carbocycles. The van der Waals surface area contributed by atoms with Gasteiger partial charge in [0.2, 0.25) is 5.13 Å². The second kappa shape index (κ2) is 13.4. The number of amides is 1. The fourth-order valence-corrected chi connectivity index (χ4v) is 6.63. The van der Waals surface area contributed by atoms with E-state index >= 15 is 4.39 Å². The normalized spacial score (nSPS) is 12.3. The smallest absolute Gasteiger partial charge is 0.407 e. The number of ether oxygens (including phenoxy) is 2. The quantitative estimate of drug-likeness (QED) is 0.262. The molecule has 2 N–H and O–H groups in total. The van der Waals surface area contributed by atoms with Crippen LogP contribution in [-0.2, 0) is 16.6 Å². The van der Waals surface area contributed by atoms with Crippen LogP contribution in [0.15, 0.2) is 41.4 Å². The molecule has 2 aromatic carbocycles. The Bertz CT molecular complexity index is 1620. The lowest BCUT2D eigenvalue weighted by Gasteiger charge is -2.32. The Morgan fingerprint density at radius 3 is 2.44 bits per heavy atom. The van der Waals surface area contributed by atoms with E-state index in [-0.39, 0.29) is 34.1 Å². The minimum atomic E-state index is -4.75. The zero-order valence-electron chi connectivity index (χ0n) is 24.5. The van der Waals surface area contributed by atoms with Crippen molar-refractivity contribution < 1.29 is 36.6 Å². The van der Waals surface area contributed by atoms with Crippen molar-refractivity contribution in [1.82, 2.24) is 9.88 Å². The number of benzene rings is 2. The number of carboxylic acid groups (broad SMARTS) is 1. The molecule has 1 atom stereocenters. The molecule has 0 aliphatic rings. The van der Waals surface area contributed by atoms with E-state index in [1.165, 1.54) is 27.3 Å². The number of nitrogens with one attached hydrogen (secondary N) is 1. The van der Waals surface area contributed by atoms with Crippen LogP contribution in [0.25, 0.3) is 0 Å². The molecule has 232 valence electrons. The number of aromatic nitrogens is 1. The number of anilines is 2. The third-order valence-electron chi connectivity index (χ3n) is 6.47. The Labute approximate surface area is 253 Å². The van der Waals surface area contributed by atoms with Gasteiger partial charge in [-0.15, -0.1) is 0 Å². The molecule has 11 nitrogen and oxygen atoms in total. The maximum atomic E-state index is 15.6. The van der Waals surface area contributed by atoms with Crippen molar-refractivity contribution in [3.8, 4) is 17.6 Å². The molecular weight excluding hydrogens is 604 g/mol. The summed E-state index contributed by atoms with van der Waals surface area (Å²) in [7, 11) is -0.508. The maximum absolute atomic E-state index is 15.6. The van der Waals surface area contributed by atoms with E-state index in [4.69, 9.17) is 9.47 Å². The van der Waals surface area contributed by atoms with Gasteiger partial charge in [-0.25, -0.2) is 26.9 Å². The first-order valence-corrected chi connectivity index (χ1v) is 15.1. The highest BCUT2D eigenvalue weighted by molar-refractivity contribution is 7.93. The van der Waals surface area contributed by atoms with E-state index in [9.17, 15) is 28.0 Å². The van der Waals surface area contributed by atoms with Gasteiger partial charge in [0.05, 0.1) is 44.3 Å². The van der Waals surface area contributed by atoms with E-state index in [0.29, 0.717) is 29.1 Å². The lowest BCUT2D eigenvalue weighted by atomic mass is 9.87. The second-order valence-electron chi connectivity index (χ2n) is 10.8. The van der Waals surface area contributed by atoms with Crippen LogP contribution in [0.2, 0.25) is 0 Å². The number of rotatable bonds is 12. The number of likely N-dealkylation sites (N-methyl/N-ethyl adjacent to an activating group) is 1. The largest absolute Gasteiger partial charge is 0.497 e. The average Bonchev–Trinajstić information content (AvgIpc) is 3.37. The van der Waals surface area contributed by atoms with Gasteiger partial charge in [-0.3, -0.25) is 0 Å². The van der Waals surface area contributed by atoms with E-state index < -0.39 is 44.5 Å². The van der Waals surface area contributed by atoms with Gasteiger partial charge in [0, 0.05) is 25.2 Å². The van der Waals surface area contributed by atoms with Crippen molar-refractivity contribution in [1.29, 1.82) is 5.26 Å². The summed E-state index contributed by atoms with van der Waals surface area (Å²) in [6.45, 7) is 5.45. The molecule has 1 heterocycles. The number of hydrogen-bond donors (Lipinski definition) is 2. The molecule has 0 fully saturated rings. The Kier molecular flexibility index (Phi) is 10.4. The summed E-state index contributed by atoms with van der Waals surface area (Å²) in [6, 6.07) is 7.75. The second-order valence-corrected chi connectivity index (χ2v) is 13.6. The van der Waals surface area contributed by atoms with Gasteiger partial charge in [-0.05, 0) is 36.1 Å². The Hall–Kier alpha value is -4.16. The van der Waals surface area contributed by atoms with Gasteiger partial charge in [-0.1, -0.05) is 32.1 Å². The van der Waals surface area contributed by atoms with Gasteiger partial charge in [0.15, 0.2) is 5.13 Å². The molecule has 0 aliphatic carbocycles. The summed E-state index contributed by atoms with van der Waals surface area (Å²) < 4.78 is 68.8. The zero-order chi connectivity index (χ0) is 32.1. The van der Waals surface area contributed by atoms with Crippen LogP contribution in [0.4, 0.5) is 24.4 Å².